The molecule has 0 radical (unpaired) electrons. The summed E-state index contributed by atoms with van der Waals surface area (Å²) in [7, 11) is -6.22. The fourth-order valence-electron chi connectivity index (χ4n) is 13.4. The molecule has 77 heavy (non-hydrogen) atoms. The van der Waals surface area contributed by atoms with E-state index in [4.69, 9.17) is 42.3 Å². The second-order valence-electron chi connectivity index (χ2n) is 25.5. The molecule has 6 bridgehead atoms. The number of aliphatic hydroxyl groups is 1. The molecule has 1 N–H and O–H groups in total. The van der Waals surface area contributed by atoms with Gasteiger partial charge in [-0.05, 0) is 109 Å². The SMILES string of the molecule is C=C(Br)C[C@H](CC[C@@]12C[C@H]3O[C@H]4[C@@H](O1)[C@H]1O[C@@H](CC(O)C(C5[C@H](CC6O[C@@H](CCCC)C[C@@H](C)C6=C)O[C@H](C[C@H](C)CO[Si](C)(C)C(C)(C)C)[C@@H]5C)S(=O)(=O)c5ccccc5)CC[C@@H]1O[C@H]4[C@H]3O2)OC(=O)c1ccccc1. The Hall–Kier alpha value is -2.32. The van der Waals surface area contributed by atoms with Crippen molar-refractivity contribution in [1.29, 1.82) is 0 Å². The van der Waals surface area contributed by atoms with Gasteiger partial charge in [-0.25, -0.2) is 13.2 Å². The van der Waals surface area contributed by atoms with Gasteiger partial charge >= 0.3 is 5.97 Å². The van der Waals surface area contributed by atoms with Gasteiger partial charge in [0.2, 0.25) is 0 Å². The third-order valence-electron chi connectivity index (χ3n) is 18.8. The first kappa shape index (κ1) is 59.3. The van der Waals surface area contributed by atoms with E-state index in [0.29, 0.717) is 68.0 Å². The molecule has 8 heterocycles. The molecule has 20 atom stereocenters. The highest BCUT2D eigenvalue weighted by Gasteiger charge is 2.69. The lowest BCUT2D eigenvalue weighted by Gasteiger charge is -2.48. The third-order valence-corrected chi connectivity index (χ3v) is 25.9. The molecule has 8 aliphatic heterocycles. The molecule has 2 aromatic rings. The molecule has 0 aliphatic carbocycles. The smallest absolute Gasteiger partial charge is 0.338 e. The van der Waals surface area contributed by atoms with Gasteiger partial charge in [-0.15, -0.1) is 0 Å². The molecule has 0 spiro atoms. The molecule has 2 aromatic carbocycles. The zero-order chi connectivity index (χ0) is 55.2. The van der Waals surface area contributed by atoms with E-state index in [0.717, 1.165) is 31.3 Å². The van der Waals surface area contributed by atoms with Crippen LogP contribution in [0.2, 0.25) is 18.1 Å². The number of ether oxygens (including phenoxy) is 8. The van der Waals surface area contributed by atoms with Crippen LogP contribution in [-0.2, 0) is 52.2 Å². The first-order valence-corrected chi connectivity index (χ1v) is 34.2. The Morgan fingerprint density at radius 2 is 1.56 bits per heavy atom. The Balaban J connectivity index is 0.967. The van der Waals surface area contributed by atoms with Crippen LogP contribution in [-0.4, -0.2) is 131 Å². The van der Waals surface area contributed by atoms with Gasteiger partial charge in [0.1, 0.15) is 36.6 Å². The van der Waals surface area contributed by atoms with Crippen molar-refractivity contribution in [3.05, 3.63) is 89.4 Å². The number of rotatable bonds is 23. The van der Waals surface area contributed by atoms with Gasteiger partial charge in [0, 0.05) is 44.6 Å². The fraction of sp³-hybridized carbons (Fsp3) is 0.721. The molecule has 13 nitrogen and oxygen atoms in total. The highest BCUT2D eigenvalue weighted by atomic mass is 79.9. The summed E-state index contributed by atoms with van der Waals surface area (Å²) in [5.41, 5.74) is 1.48. The Morgan fingerprint density at radius 3 is 2.25 bits per heavy atom. The average Bonchev–Trinajstić information content (AvgIpc) is 3.99. The minimum atomic E-state index is -4.18. The topological polar surface area (TPSA) is 155 Å². The van der Waals surface area contributed by atoms with Gasteiger partial charge in [-0.1, -0.05) is 127 Å². The highest BCUT2D eigenvalue weighted by molar-refractivity contribution is 9.11. The fourth-order valence-corrected chi connectivity index (χ4v) is 17.1. The first-order valence-electron chi connectivity index (χ1n) is 29.0. The number of halogens is 1. The second-order valence-corrected chi connectivity index (χ2v) is 33.6. The number of esters is 1. The van der Waals surface area contributed by atoms with Crippen LogP contribution in [0.15, 0.2) is 88.8 Å². The standard InChI is InChI=1S/C61H89BrO13SSi/c1-12-13-22-42-30-37(3)39(5)49(68-42)33-50-52(40(6)48(71-50)29-36(2)35-67-77(10,11)60(7,8)9)58(76(65,66)45-23-18-15-19-24-45)46(63)32-43-25-26-47-53(69-43)57-56-55(72-47)54-51(73-56)34-61(74-54,75-57)28-27-44(31-38(4)62)70-59(64)41-20-16-14-17-21-41/h14-21,23-24,36-37,40,42-44,46-58,63H,4-5,12-13,22,25-35H2,1-3,6-11H3/t36-,37+,40-,42-,43+,44-,46?,47-,48+,49?,50-,51+,52?,53-,54-,55-,56+,57-,58?,61-/m0/s1. The maximum atomic E-state index is 15.6. The summed E-state index contributed by atoms with van der Waals surface area (Å²) < 4.78 is 93.3. The van der Waals surface area contributed by atoms with E-state index in [-0.39, 0.29) is 76.8 Å². The Kier molecular flexibility index (Phi) is 18.7. The van der Waals surface area contributed by atoms with E-state index in [1.807, 2.05) is 24.3 Å². The molecule has 0 saturated carbocycles. The average molecular weight is 1170 g/mol. The molecule has 4 unspecified atom stereocenters. The monoisotopic (exact) mass is 1170 g/mol. The molecule has 8 fully saturated rings. The highest BCUT2D eigenvalue weighted by Crippen LogP contribution is 2.55. The van der Waals surface area contributed by atoms with Crippen LogP contribution >= 0.6 is 15.9 Å². The molecule has 10 rings (SSSR count). The van der Waals surface area contributed by atoms with Crippen molar-refractivity contribution in [3.63, 3.8) is 0 Å². The molecular weight excluding hydrogens is 1080 g/mol. The first-order chi connectivity index (χ1) is 36.5. The predicted octanol–water partition coefficient (Wildman–Crippen LogP) is 11.8. The lowest BCUT2D eigenvalue weighted by molar-refractivity contribution is -0.293. The van der Waals surface area contributed by atoms with Crippen molar-refractivity contribution in [2.45, 2.75) is 251 Å². The van der Waals surface area contributed by atoms with Crippen LogP contribution in [0.4, 0.5) is 0 Å². The third kappa shape index (κ3) is 13.0. The summed E-state index contributed by atoms with van der Waals surface area (Å²) in [6, 6.07) is 17.5. The van der Waals surface area contributed by atoms with Crippen LogP contribution < -0.4 is 0 Å². The number of carbonyl (C=O) groups is 1. The number of benzene rings is 2. The summed E-state index contributed by atoms with van der Waals surface area (Å²) in [4.78, 5) is 13.4. The van der Waals surface area contributed by atoms with E-state index in [2.05, 4.69) is 90.6 Å². The van der Waals surface area contributed by atoms with Crippen molar-refractivity contribution in [3.8, 4) is 0 Å². The lowest BCUT2D eigenvalue weighted by Crippen LogP contribution is -2.62. The number of hydrogen-bond donors (Lipinski definition) is 1. The number of carbonyl (C=O) groups excluding carboxylic acids is 1. The number of hydrogen-bond acceptors (Lipinski definition) is 13. The summed E-state index contributed by atoms with van der Waals surface area (Å²) in [6.45, 7) is 29.2. The number of fused-ring (bicyclic) bond motifs is 1. The lowest BCUT2D eigenvalue weighted by atomic mass is 9.78. The largest absolute Gasteiger partial charge is 0.458 e. The summed E-state index contributed by atoms with van der Waals surface area (Å²) in [6.07, 6.45) is 1.89. The van der Waals surface area contributed by atoms with E-state index < -0.39 is 83.8 Å². The number of sulfone groups is 1. The molecule has 428 valence electrons. The van der Waals surface area contributed by atoms with Crippen LogP contribution in [0.25, 0.3) is 0 Å². The molecule has 8 aliphatic rings. The number of unbranched alkanes of at least 4 members (excludes halogenated alkanes) is 1. The molecular formula is C61H89BrO13SSi. The number of aliphatic hydroxyl groups excluding tert-OH is 1. The van der Waals surface area contributed by atoms with Crippen LogP contribution in [0.3, 0.4) is 0 Å². The van der Waals surface area contributed by atoms with Gasteiger partial charge in [0.05, 0.1) is 64.5 Å². The minimum Gasteiger partial charge on any atom is -0.458 e. The van der Waals surface area contributed by atoms with Gasteiger partial charge in [-0.2, -0.15) is 0 Å². The quantitative estimate of drug-likeness (QED) is 0.0638. The van der Waals surface area contributed by atoms with Crippen LogP contribution in [0.1, 0.15) is 142 Å². The Labute approximate surface area is 469 Å². The summed E-state index contributed by atoms with van der Waals surface area (Å²) in [5, 5.41) is 11.8. The zero-order valence-corrected chi connectivity index (χ0v) is 50.6. The Bertz CT molecular complexity index is 2460. The van der Waals surface area contributed by atoms with Crippen molar-refractivity contribution < 1.29 is 60.6 Å². The van der Waals surface area contributed by atoms with Gasteiger partial charge < -0.3 is 47.4 Å². The second kappa shape index (κ2) is 24.3. The van der Waals surface area contributed by atoms with Crippen molar-refractivity contribution in [2.24, 2.45) is 23.7 Å². The zero-order valence-electron chi connectivity index (χ0n) is 47.2. The van der Waals surface area contributed by atoms with E-state index in [1.54, 1.807) is 36.4 Å². The van der Waals surface area contributed by atoms with Crippen molar-refractivity contribution in [1.82, 2.24) is 0 Å². The maximum Gasteiger partial charge on any atom is 0.338 e. The molecule has 0 amide bonds. The van der Waals surface area contributed by atoms with Crippen molar-refractivity contribution in [2.75, 3.05) is 6.61 Å². The molecule has 16 heteroatoms. The molecule has 0 aromatic heterocycles. The normalized spacial score (nSPS) is 36.5. The minimum absolute atomic E-state index is 0.0572. The predicted molar refractivity (Wildman–Crippen MR) is 302 cm³/mol. The summed E-state index contributed by atoms with van der Waals surface area (Å²) >= 11 is 3.50. The van der Waals surface area contributed by atoms with Gasteiger partial charge in [0.15, 0.2) is 23.9 Å². The van der Waals surface area contributed by atoms with Gasteiger partial charge in [-0.3, -0.25) is 0 Å². The molecule has 8 saturated heterocycles. The van der Waals surface area contributed by atoms with Crippen LogP contribution in [0, 0.1) is 23.7 Å². The summed E-state index contributed by atoms with van der Waals surface area (Å²) in [5.74, 6) is -1.92. The van der Waals surface area contributed by atoms with Crippen molar-refractivity contribution >= 4 is 40.1 Å². The Morgan fingerprint density at radius 1 is 0.883 bits per heavy atom. The maximum absolute atomic E-state index is 15.6. The van der Waals surface area contributed by atoms with Crippen LogP contribution in [0.5, 0.6) is 0 Å². The van der Waals surface area contributed by atoms with E-state index >= 15 is 8.42 Å². The van der Waals surface area contributed by atoms with E-state index in [9.17, 15) is 9.90 Å². The van der Waals surface area contributed by atoms with E-state index in [1.165, 1.54) is 0 Å². The van der Waals surface area contributed by atoms with Gasteiger partial charge in [0.25, 0.3) is 0 Å².